The van der Waals surface area contributed by atoms with Gasteiger partial charge < -0.3 is 10.2 Å². The monoisotopic (exact) mass is 162 g/mol. The highest BCUT2D eigenvalue weighted by Gasteiger charge is 1.95. The van der Waals surface area contributed by atoms with Gasteiger partial charge in [-0.2, -0.15) is 0 Å². The fourth-order valence-electron chi connectivity index (χ4n) is 1.24. The first kappa shape index (κ1) is 13.5. The Labute approximate surface area is 70.3 Å². The lowest BCUT2D eigenvalue weighted by atomic mass is 10.2. The Balaban J connectivity index is 0. The maximum Gasteiger partial charge on any atom is 0.0319 e. The van der Waals surface area contributed by atoms with Crippen LogP contribution in [0.2, 0.25) is 0 Å². The van der Waals surface area contributed by atoms with Crippen molar-refractivity contribution in [2.75, 3.05) is 14.2 Å². The summed E-state index contributed by atoms with van der Waals surface area (Å²) in [4.78, 5) is 0. The van der Waals surface area contributed by atoms with Crippen molar-refractivity contribution in [1.82, 2.24) is 0 Å². The molecule has 0 aromatic rings. The summed E-state index contributed by atoms with van der Waals surface area (Å²) in [6, 6.07) is 0. The van der Waals surface area contributed by atoms with E-state index in [1.807, 2.05) is 0 Å². The number of hydrogen-bond donors (Lipinski definition) is 2. The third-order valence-corrected chi connectivity index (χ3v) is 1.75. The average Bonchev–Trinajstić information content (AvgIpc) is 2.42. The van der Waals surface area contributed by atoms with Gasteiger partial charge in [0.05, 0.1) is 0 Å². The molecular formula is C9H22O2. The minimum absolute atomic E-state index is 1.00. The molecule has 0 heterocycles. The fourth-order valence-corrected chi connectivity index (χ4v) is 1.24. The van der Waals surface area contributed by atoms with Crippen molar-refractivity contribution in [2.24, 2.45) is 0 Å². The van der Waals surface area contributed by atoms with Crippen molar-refractivity contribution in [3.8, 4) is 0 Å². The zero-order valence-electron chi connectivity index (χ0n) is 7.84. The van der Waals surface area contributed by atoms with Crippen LogP contribution >= 0.6 is 0 Å². The van der Waals surface area contributed by atoms with Crippen LogP contribution in [0.5, 0.6) is 0 Å². The van der Waals surface area contributed by atoms with E-state index in [-0.39, 0.29) is 0 Å². The molecule has 0 saturated heterocycles. The molecular weight excluding hydrogens is 140 g/mol. The first-order chi connectivity index (χ1) is 5.50. The molecule has 0 aromatic heterocycles. The van der Waals surface area contributed by atoms with Crippen LogP contribution in [0.1, 0.15) is 44.9 Å². The Bertz CT molecular complexity index is 27.2. The Morgan fingerprint density at radius 2 is 0.545 bits per heavy atom. The number of hydrogen-bond acceptors (Lipinski definition) is 2. The van der Waals surface area contributed by atoms with Crippen molar-refractivity contribution >= 4 is 0 Å². The molecule has 1 aliphatic carbocycles. The van der Waals surface area contributed by atoms with Crippen LogP contribution in [-0.2, 0) is 0 Å². The predicted octanol–water partition coefficient (Wildman–Crippen LogP) is 1.95. The fraction of sp³-hybridized carbons (Fsp3) is 1.00. The highest BCUT2D eigenvalue weighted by atomic mass is 16.2. The Morgan fingerprint density at radius 1 is 0.455 bits per heavy atom. The van der Waals surface area contributed by atoms with E-state index in [1.54, 1.807) is 0 Å². The van der Waals surface area contributed by atoms with Crippen LogP contribution in [-0.4, -0.2) is 24.4 Å². The van der Waals surface area contributed by atoms with E-state index in [4.69, 9.17) is 10.2 Å². The van der Waals surface area contributed by atoms with Gasteiger partial charge in [0.2, 0.25) is 0 Å². The third kappa shape index (κ3) is 13.0. The maximum atomic E-state index is 7.00. The van der Waals surface area contributed by atoms with Gasteiger partial charge in [-0.05, 0) is 0 Å². The molecule has 0 radical (unpaired) electrons. The second kappa shape index (κ2) is 16.5. The first-order valence-electron chi connectivity index (χ1n) is 4.39. The Hall–Kier alpha value is -0.0800. The normalized spacial score (nSPS) is 16.4. The zero-order chi connectivity index (χ0) is 8.95. The lowest BCUT2D eigenvalue weighted by molar-refractivity contribution is 0.399. The van der Waals surface area contributed by atoms with Crippen LogP contribution in [0, 0.1) is 0 Å². The van der Waals surface area contributed by atoms with Crippen LogP contribution in [0.25, 0.3) is 0 Å². The van der Waals surface area contributed by atoms with Crippen molar-refractivity contribution in [2.45, 2.75) is 44.9 Å². The molecule has 1 aliphatic rings. The van der Waals surface area contributed by atoms with E-state index >= 15 is 0 Å². The van der Waals surface area contributed by atoms with E-state index in [0.717, 1.165) is 14.2 Å². The van der Waals surface area contributed by atoms with Gasteiger partial charge >= 0.3 is 0 Å². The number of rotatable bonds is 0. The summed E-state index contributed by atoms with van der Waals surface area (Å²) in [6.45, 7) is 0. The third-order valence-electron chi connectivity index (χ3n) is 1.75. The Kier molecular flexibility index (Phi) is 20.2. The molecule has 2 N–H and O–H groups in total. The van der Waals surface area contributed by atoms with Gasteiger partial charge in [-0.3, -0.25) is 0 Å². The van der Waals surface area contributed by atoms with Crippen LogP contribution < -0.4 is 0 Å². The summed E-state index contributed by atoms with van der Waals surface area (Å²) < 4.78 is 0. The van der Waals surface area contributed by atoms with Gasteiger partial charge in [0.1, 0.15) is 0 Å². The largest absolute Gasteiger partial charge is 0.400 e. The minimum atomic E-state index is 1.00. The summed E-state index contributed by atoms with van der Waals surface area (Å²) in [5.41, 5.74) is 0. The maximum absolute atomic E-state index is 7.00. The van der Waals surface area contributed by atoms with Gasteiger partial charge in [0.25, 0.3) is 0 Å². The molecule has 0 amide bonds. The number of aliphatic hydroxyl groups excluding tert-OH is 2. The van der Waals surface area contributed by atoms with Gasteiger partial charge in [-0.25, -0.2) is 0 Å². The molecule has 11 heavy (non-hydrogen) atoms. The molecule has 2 heteroatoms. The van der Waals surface area contributed by atoms with Gasteiger partial charge in [-0.15, -0.1) is 0 Å². The molecule has 1 fully saturated rings. The van der Waals surface area contributed by atoms with Crippen molar-refractivity contribution in [3.05, 3.63) is 0 Å². The average molecular weight is 162 g/mol. The zero-order valence-corrected chi connectivity index (χ0v) is 7.84. The molecule has 0 aromatic carbocycles. The standard InChI is InChI=1S/C7H14.2CH4O/c1-2-4-6-7-5-3-1;2*1-2/h1-7H2;2*2H,1H3. The van der Waals surface area contributed by atoms with Crippen LogP contribution in [0.3, 0.4) is 0 Å². The van der Waals surface area contributed by atoms with Gasteiger partial charge in [0.15, 0.2) is 0 Å². The molecule has 0 atom stereocenters. The molecule has 0 bridgehead atoms. The molecule has 70 valence electrons. The second-order valence-corrected chi connectivity index (χ2v) is 2.47. The second-order valence-electron chi connectivity index (χ2n) is 2.47. The van der Waals surface area contributed by atoms with E-state index in [1.165, 1.54) is 44.9 Å². The minimum Gasteiger partial charge on any atom is -0.400 e. The van der Waals surface area contributed by atoms with Gasteiger partial charge in [0, 0.05) is 14.2 Å². The lowest BCUT2D eigenvalue weighted by Crippen LogP contribution is -1.66. The molecule has 0 unspecified atom stereocenters. The van der Waals surface area contributed by atoms with E-state index in [9.17, 15) is 0 Å². The summed E-state index contributed by atoms with van der Waals surface area (Å²) in [6.07, 6.45) is 10.5. The predicted molar refractivity (Wildman–Crippen MR) is 48.6 cm³/mol. The Morgan fingerprint density at radius 3 is 0.636 bits per heavy atom. The van der Waals surface area contributed by atoms with Gasteiger partial charge in [-0.1, -0.05) is 44.9 Å². The number of aliphatic hydroxyl groups is 2. The van der Waals surface area contributed by atoms with E-state index < -0.39 is 0 Å². The van der Waals surface area contributed by atoms with Crippen molar-refractivity contribution in [3.63, 3.8) is 0 Å². The van der Waals surface area contributed by atoms with Crippen molar-refractivity contribution in [1.29, 1.82) is 0 Å². The first-order valence-corrected chi connectivity index (χ1v) is 4.39. The summed E-state index contributed by atoms with van der Waals surface area (Å²) >= 11 is 0. The lowest BCUT2D eigenvalue weighted by Gasteiger charge is -1.85. The SMILES string of the molecule is C1CCCCCC1.CO.CO. The summed E-state index contributed by atoms with van der Waals surface area (Å²) in [5, 5.41) is 14.0. The topological polar surface area (TPSA) is 40.5 Å². The molecule has 2 nitrogen and oxygen atoms in total. The molecule has 1 saturated carbocycles. The highest BCUT2D eigenvalue weighted by molar-refractivity contribution is 4.51. The molecule has 0 aliphatic heterocycles. The highest BCUT2D eigenvalue weighted by Crippen LogP contribution is 2.15. The smallest absolute Gasteiger partial charge is 0.0319 e. The summed E-state index contributed by atoms with van der Waals surface area (Å²) in [5.74, 6) is 0. The quantitative estimate of drug-likeness (QED) is 0.534. The van der Waals surface area contributed by atoms with Crippen LogP contribution in [0.15, 0.2) is 0 Å². The summed E-state index contributed by atoms with van der Waals surface area (Å²) in [7, 11) is 2.00. The van der Waals surface area contributed by atoms with E-state index in [0.29, 0.717) is 0 Å². The van der Waals surface area contributed by atoms with Crippen molar-refractivity contribution < 1.29 is 10.2 Å². The molecule has 1 rings (SSSR count). The van der Waals surface area contributed by atoms with Crippen LogP contribution in [0.4, 0.5) is 0 Å². The van der Waals surface area contributed by atoms with E-state index in [2.05, 4.69) is 0 Å². The molecule has 0 spiro atoms.